The van der Waals surface area contributed by atoms with Gasteiger partial charge >= 0.3 is 0 Å². The highest BCUT2D eigenvalue weighted by molar-refractivity contribution is 5.49. The molecule has 1 heterocycles. The lowest BCUT2D eigenvalue weighted by molar-refractivity contribution is 0.155. The van der Waals surface area contributed by atoms with Gasteiger partial charge in [0.1, 0.15) is 13.2 Å². The largest absolute Gasteiger partial charge is 0.486 e. The molecule has 1 aliphatic carbocycles. The second kappa shape index (κ2) is 6.69. The first-order valence-electron chi connectivity index (χ1n) is 8.41. The van der Waals surface area contributed by atoms with Crippen molar-refractivity contribution in [2.45, 2.75) is 45.1 Å². The zero-order valence-electron chi connectivity index (χ0n) is 13.2. The lowest BCUT2D eigenvalue weighted by Crippen LogP contribution is -2.33. The summed E-state index contributed by atoms with van der Waals surface area (Å²) in [6, 6.07) is 6.68. The van der Waals surface area contributed by atoms with Gasteiger partial charge in [0.25, 0.3) is 0 Å². The Labute approximate surface area is 128 Å². The van der Waals surface area contributed by atoms with Crippen LogP contribution in [0.5, 0.6) is 11.5 Å². The van der Waals surface area contributed by atoms with E-state index in [9.17, 15) is 0 Å². The molecule has 2 aliphatic rings. The average molecular weight is 289 g/mol. The van der Waals surface area contributed by atoms with E-state index < -0.39 is 0 Å². The molecule has 1 fully saturated rings. The van der Waals surface area contributed by atoms with Crippen LogP contribution in [0, 0.1) is 11.8 Å². The Balaban J connectivity index is 1.92. The zero-order chi connectivity index (χ0) is 14.7. The maximum atomic E-state index is 5.93. The van der Waals surface area contributed by atoms with Crippen LogP contribution in [0.3, 0.4) is 0 Å². The van der Waals surface area contributed by atoms with Crippen LogP contribution in [0.15, 0.2) is 18.2 Å². The molecule has 0 radical (unpaired) electrons. The molecule has 3 nitrogen and oxygen atoms in total. The number of nitrogens with one attached hydrogen (secondary N) is 1. The highest BCUT2D eigenvalue weighted by Gasteiger charge is 2.33. The number of hydrogen-bond acceptors (Lipinski definition) is 3. The van der Waals surface area contributed by atoms with E-state index in [1.165, 1.54) is 37.7 Å². The molecule has 3 rings (SSSR count). The standard InChI is InChI=1S/C18H27NO2/c1-3-13-7-4-5-8-14(13)17(19-2)15-9-6-10-16-18(15)21-12-11-20-16/h6,9-10,13-14,17,19H,3-5,7-8,11-12H2,1-2H3. The number of para-hydroxylation sites is 1. The first-order chi connectivity index (χ1) is 10.3. The summed E-state index contributed by atoms with van der Waals surface area (Å²) in [4.78, 5) is 0. The highest BCUT2D eigenvalue weighted by atomic mass is 16.6. The third kappa shape index (κ3) is 2.89. The molecule has 0 aromatic heterocycles. The van der Waals surface area contributed by atoms with E-state index in [1.807, 2.05) is 6.07 Å². The predicted octanol–water partition coefficient (Wildman–Crippen LogP) is 3.93. The zero-order valence-corrected chi connectivity index (χ0v) is 13.2. The summed E-state index contributed by atoms with van der Waals surface area (Å²) in [5.74, 6) is 3.38. The number of hydrogen-bond donors (Lipinski definition) is 1. The van der Waals surface area contributed by atoms with Crippen molar-refractivity contribution in [2.24, 2.45) is 11.8 Å². The van der Waals surface area contributed by atoms with E-state index in [-0.39, 0.29) is 0 Å². The third-order valence-electron chi connectivity index (χ3n) is 5.16. The van der Waals surface area contributed by atoms with E-state index in [2.05, 4.69) is 31.4 Å². The minimum Gasteiger partial charge on any atom is -0.486 e. The highest BCUT2D eigenvalue weighted by Crippen LogP contribution is 2.45. The van der Waals surface area contributed by atoms with Gasteiger partial charge in [-0.25, -0.2) is 0 Å². The Bertz CT molecular complexity index is 474. The molecule has 0 amide bonds. The number of benzene rings is 1. The fourth-order valence-corrected chi connectivity index (χ4v) is 4.12. The van der Waals surface area contributed by atoms with E-state index in [4.69, 9.17) is 9.47 Å². The molecule has 0 saturated heterocycles. The molecule has 1 aromatic carbocycles. The molecule has 3 unspecified atom stereocenters. The minimum absolute atomic E-state index is 0.367. The molecule has 0 spiro atoms. The van der Waals surface area contributed by atoms with Gasteiger partial charge in [0.05, 0.1) is 0 Å². The number of ether oxygens (including phenoxy) is 2. The second-order valence-corrected chi connectivity index (χ2v) is 6.25. The first-order valence-corrected chi connectivity index (χ1v) is 8.41. The summed E-state index contributed by atoms with van der Waals surface area (Å²) < 4.78 is 11.7. The fraction of sp³-hybridized carbons (Fsp3) is 0.667. The Morgan fingerprint density at radius 3 is 2.81 bits per heavy atom. The van der Waals surface area contributed by atoms with Gasteiger partial charge in [-0.1, -0.05) is 44.7 Å². The van der Waals surface area contributed by atoms with E-state index in [1.54, 1.807) is 0 Å². The van der Waals surface area contributed by atoms with Gasteiger partial charge in [0.2, 0.25) is 0 Å². The predicted molar refractivity (Wildman–Crippen MR) is 85.0 cm³/mol. The van der Waals surface area contributed by atoms with Crippen molar-refractivity contribution < 1.29 is 9.47 Å². The van der Waals surface area contributed by atoms with Crippen LogP contribution in [0.2, 0.25) is 0 Å². The molecule has 21 heavy (non-hydrogen) atoms. The molecule has 3 atom stereocenters. The van der Waals surface area contributed by atoms with Crippen molar-refractivity contribution in [3.8, 4) is 11.5 Å². The molecular weight excluding hydrogens is 262 g/mol. The molecule has 1 N–H and O–H groups in total. The second-order valence-electron chi connectivity index (χ2n) is 6.25. The molecule has 3 heteroatoms. The van der Waals surface area contributed by atoms with Crippen LogP contribution < -0.4 is 14.8 Å². The van der Waals surface area contributed by atoms with Crippen molar-refractivity contribution in [3.05, 3.63) is 23.8 Å². The lowest BCUT2D eigenvalue weighted by atomic mass is 9.72. The van der Waals surface area contributed by atoms with Gasteiger partial charge in [0, 0.05) is 11.6 Å². The Morgan fingerprint density at radius 1 is 1.19 bits per heavy atom. The first kappa shape index (κ1) is 14.7. The van der Waals surface area contributed by atoms with E-state index >= 15 is 0 Å². The van der Waals surface area contributed by atoms with Crippen LogP contribution in [0.25, 0.3) is 0 Å². The minimum atomic E-state index is 0.367. The molecule has 1 aliphatic heterocycles. The van der Waals surface area contributed by atoms with Gasteiger partial charge in [-0.2, -0.15) is 0 Å². The summed E-state index contributed by atoms with van der Waals surface area (Å²) >= 11 is 0. The van der Waals surface area contributed by atoms with Crippen molar-refractivity contribution in [1.82, 2.24) is 5.32 Å². The molecule has 1 saturated carbocycles. The Hall–Kier alpha value is -1.22. The monoisotopic (exact) mass is 289 g/mol. The van der Waals surface area contributed by atoms with Gasteiger partial charge in [-0.15, -0.1) is 0 Å². The van der Waals surface area contributed by atoms with Crippen LogP contribution in [-0.2, 0) is 0 Å². The number of fused-ring (bicyclic) bond motifs is 1. The fourth-order valence-electron chi connectivity index (χ4n) is 4.12. The SMILES string of the molecule is CCC1CCCCC1C(NC)c1cccc2c1OCCO2. The number of rotatable bonds is 4. The van der Waals surface area contributed by atoms with Gasteiger partial charge in [-0.05, 0) is 31.4 Å². The smallest absolute Gasteiger partial charge is 0.166 e. The maximum absolute atomic E-state index is 5.93. The van der Waals surface area contributed by atoms with Crippen molar-refractivity contribution >= 4 is 0 Å². The van der Waals surface area contributed by atoms with Gasteiger partial charge < -0.3 is 14.8 Å². The van der Waals surface area contributed by atoms with Crippen LogP contribution >= 0.6 is 0 Å². The van der Waals surface area contributed by atoms with Gasteiger partial charge in [-0.3, -0.25) is 0 Å². The maximum Gasteiger partial charge on any atom is 0.166 e. The average Bonchev–Trinajstić information content (AvgIpc) is 2.56. The molecule has 116 valence electrons. The van der Waals surface area contributed by atoms with Gasteiger partial charge in [0.15, 0.2) is 11.5 Å². The molecule has 1 aromatic rings. The van der Waals surface area contributed by atoms with Crippen LogP contribution in [0.1, 0.15) is 50.6 Å². The summed E-state index contributed by atoms with van der Waals surface area (Å²) in [5.41, 5.74) is 1.28. The summed E-state index contributed by atoms with van der Waals surface area (Å²) in [6.45, 7) is 3.64. The Morgan fingerprint density at radius 2 is 2.00 bits per heavy atom. The van der Waals surface area contributed by atoms with Crippen molar-refractivity contribution in [2.75, 3.05) is 20.3 Å². The van der Waals surface area contributed by atoms with Crippen LogP contribution in [-0.4, -0.2) is 20.3 Å². The third-order valence-corrected chi connectivity index (χ3v) is 5.16. The van der Waals surface area contributed by atoms with Crippen molar-refractivity contribution in [3.63, 3.8) is 0 Å². The summed E-state index contributed by atoms with van der Waals surface area (Å²) in [5, 5.41) is 3.57. The normalized spacial score (nSPS) is 26.4. The lowest BCUT2D eigenvalue weighted by Gasteiger charge is -2.38. The topological polar surface area (TPSA) is 30.5 Å². The summed E-state index contributed by atoms with van der Waals surface area (Å²) in [7, 11) is 2.08. The molecule has 0 bridgehead atoms. The summed E-state index contributed by atoms with van der Waals surface area (Å²) in [6.07, 6.45) is 6.69. The van der Waals surface area contributed by atoms with E-state index in [0.29, 0.717) is 25.2 Å². The van der Waals surface area contributed by atoms with Crippen molar-refractivity contribution in [1.29, 1.82) is 0 Å². The quantitative estimate of drug-likeness (QED) is 0.911. The Kier molecular flexibility index (Phi) is 4.69. The molecular formula is C18H27NO2. The van der Waals surface area contributed by atoms with E-state index in [0.717, 1.165) is 17.4 Å². The van der Waals surface area contributed by atoms with Crippen LogP contribution in [0.4, 0.5) is 0 Å².